The van der Waals surface area contributed by atoms with Crippen molar-refractivity contribution in [3.05, 3.63) is 71.7 Å². The first-order valence-electron chi connectivity index (χ1n) is 15.8. The number of allylic oxidation sites excluding steroid dienone is 1. The third kappa shape index (κ3) is 6.61. The molecule has 1 atom stereocenters. The van der Waals surface area contributed by atoms with Crippen LogP contribution in [0.25, 0.3) is 16.9 Å². The highest BCUT2D eigenvalue weighted by Gasteiger charge is 2.37. The number of hydrogen-bond donors (Lipinski definition) is 0. The lowest BCUT2D eigenvalue weighted by atomic mass is 9.76. The van der Waals surface area contributed by atoms with Gasteiger partial charge in [-0.25, -0.2) is 9.78 Å². The minimum atomic E-state index is -0.955. The van der Waals surface area contributed by atoms with E-state index < -0.39 is 17.7 Å². The smallest absolute Gasteiger partial charge is 0.339 e. The molecule has 6 bridgehead atoms. The van der Waals surface area contributed by atoms with Crippen LogP contribution in [0.3, 0.4) is 0 Å². The molecule has 0 amide bonds. The van der Waals surface area contributed by atoms with E-state index in [4.69, 9.17) is 24.3 Å². The second kappa shape index (κ2) is 12.3. The molecule has 4 aromatic rings. The molecule has 0 spiro atoms. The maximum absolute atomic E-state index is 13.3. The Balaban J connectivity index is 1.49. The number of piperidine rings is 1. The van der Waals surface area contributed by atoms with E-state index in [1.807, 2.05) is 73.6 Å². The number of para-hydroxylation sites is 1. The zero-order valence-corrected chi connectivity index (χ0v) is 27.2. The molecule has 7 rings (SSSR count). The summed E-state index contributed by atoms with van der Waals surface area (Å²) in [7, 11) is 1.40. The summed E-state index contributed by atoms with van der Waals surface area (Å²) in [6.07, 6.45) is 11.3. The first kappa shape index (κ1) is 30.8. The van der Waals surface area contributed by atoms with E-state index in [0.717, 1.165) is 67.2 Å². The first-order valence-corrected chi connectivity index (χ1v) is 15.8. The lowest BCUT2D eigenvalue weighted by molar-refractivity contribution is -0.164. The predicted octanol–water partition coefficient (Wildman–Crippen LogP) is 6.31. The van der Waals surface area contributed by atoms with Crippen LogP contribution < -0.4 is 9.64 Å². The van der Waals surface area contributed by atoms with E-state index in [-0.39, 0.29) is 5.41 Å². The number of nitrogens with zero attached hydrogens (tertiary/aromatic N) is 6. The summed E-state index contributed by atoms with van der Waals surface area (Å²) >= 11 is 0. The molecule has 6 heterocycles. The van der Waals surface area contributed by atoms with Crippen molar-refractivity contribution < 1.29 is 19.0 Å². The second-order valence-electron chi connectivity index (χ2n) is 13.5. The van der Waals surface area contributed by atoms with Gasteiger partial charge in [-0.15, -0.1) is 0 Å². The lowest BCUT2D eigenvalue weighted by Gasteiger charge is -2.41. The van der Waals surface area contributed by atoms with Crippen LogP contribution in [0.15, 0.2) is 54.9 Å². The third-order valence-electron chi connectivity index (χ3n) is 8.87. The number of fused-ring (bicyclic) bond motifs is 6. The van der Waals surface area contributed by atoms with Crippen molar-refractivity contribution in [2.75, 3.05) is 31.7 Å². The molecule has 3 aliphatic heterocycles. The number of rotatable bonds is 3. The number of ether oxygens (including phenoxy) is 3. The van der Waals surface area contributed by atoms with Crippen molar-refractivity contribution in [3.63, 3.8) is 0 Å². The van der Waals surface area contributed by atoms with Crippen LogP contribution in [0.1, 0.15) is 76.3 Å². The number of hydrogen-bond acceptors (Lipinski definition) is 8. The van der Waals surface area contributed by atoms with Gasteiger partial charge in [-0.1, -0.05) is 37.3 Å². The van der Waals surface area contributed by atoms with E-state index in [2.05, 4.69) is 35.1 Å². The molecule has 1 aromatic carbocycles. The Labute approximate surface area is 265 Å². The average molecular weight is 613 g/mol. The van der Waals surface area contributed by atoms with E-state index in [0.29, 0.717) is 30.1 Å². The Kier molecular flexibility index (Phi) is 8.43. The Morgan fingerprint density at radius 1 is 1.11 bits per heavy atom. The van der Waals surface area contributed by atoms with E-state index >= 15 is 0 Å². The summed E-state index contributed by atoms with van der Waals surface area (Å²) < 4.78 is 21.6. The first-order chi connectivity index (χ1) is 21.5. The largest absolute Gasteiger partial charge is 0.489 e. The molecule has 3 aliphatic rings. The monoisotopic (exact) mass is 612 g/mol. The summed E-state index contributed by atoms with van der Waals surface area (Å²) in [5, 5.41) is 9.75. The van der Waals surface area contributed by atoms with Crippen LogP contribution in [0.5, 0.6) is 5.75 Å². The average Bonchev–Trinajstić information content (AvgIpc) is 3.64. The van der Waals surface area contributed by atoms with Gasteiger partial charge >= 0.3 is 5.97 Å². The molecule has 0 aliphatic carbocycles. The van der Waals surface area contributed by atoms with Crippen LogP contribution in [0, 0.1) is 12.3 Å². The molecule has 0 saturated carbocycles. The van der Waals surface area contributed by atoms with E-state index in [1.165, 1.54) is 7.11 Å². The lowest BCUT2D eigenvalue weighted by Crippen LogP contribution is -2.41. The number of carbonyl (C=O) groups is 1. The van der Waals surface area contributed by atoms with Gasteiger partial charge in [0.2, 0.25) is 0 Å². The number of aryl methyl sites for hydroxylation is 1. The highest BCUT2D eigenvalue weighted by atomic mass is 16.6. The number of benzene rings is 1. The molecular weight excluding hydrogens is 568 g/mol. The van der Waals surface area contributed by atoms with Gasteiger partial charge in [-0.3, -0.25) is 4.68 Å². The van der Waals surface area contributed by atoms with Crippen LogP contribution in [0.2, 0.25) is 0 Å². The van der Waals surface area contributed by atoms with Crippen LogP contribution >= 0.6 is 0 Å². The van der Waals surface area contributed by atoms with Crippen molar-refractivity contribution in [1.29, 1.82) is 0 Å². The zero-order chi connectivity index (χ0) is 31.8. The number of methoxy groups -OCH3 is 1. The number of carbonyl (C=O) groups excluding carboxylic acids is 1. The minimum absolute atomic E-state index is 0.198. The topological polar surface area (TPSA) is 96.0 Å². The van der Waals surface area contributed by atoms with Gasteiger partial charge in [0.25, 0.3) is 0 Å². The summed E-state index contributed by atoms with van der Waals surface area (Å²) in [6, 6.07) is 10.1. The van der Waals surface area contributed by atoms with E-state index in [9.17, 15) is 4.79 Å². The molecule has 238 valence electrons. The summed E-state index contributed by atoms with van der Waals surface area (Å²) in [4.78, 5) is 20.6. The standard InChI is InChI=1S/C35H44N6O4/c1-24-30(31(33(42)43-6)45-34(2,3)4)32-39-17-15-35(5,16-18-39)14-10-7-11-19-44-28-13-9-8-12-25(28)22-40-23-26(21-36-40)27-20-29(37-24)41(32)38-27/h7-9,11-13,20-21,23,31H,10,14-19,22H2,1-6H3/b11-7+/t31-/m0/s1. The fourth-order valence-electron chi connectivity index (χ4n) is 6.35. The zero-order valence-electron chi connectivity index (χ0n) is 27.2. The molecular formula is C35H44N6O4. The third-order valence-corrected chi connectivity index (χ3v) is 8.87. The van der Waals surface area contributed by atoms with Gasteiger partial charge in [0.05, 0.1) is 36.7 Å². The summed E-state index contributed by atoms with van der Waals surface area (Å²) in [5.41, 5.74) is 4.40. The highest BCUT2D eigenvalue weighted by Crippen LogP contribution is 2.41. The fourth-order valence-corrected chi connectivity index (χ4v) is 6.35. The maximum Gasteiger partial charge on any atom is 0.339 e. The van der Waals surface area contributed by atoms with E-state index in [1.54, 1.807) is 0 Å². The second-order valence-corrected chi connectivity index (χ2v) is 13.5. The van der Waals surface area contributed by atoms with Crippen LogP contribution in [-0.2, 0) is 20.8 Å². The molecule has 1 saturated heterocycles. The summed E-state index contributed by atoms with van der Waals surface area (Å²) in [6.45, 7) is 12.9. The van der Waals surface area contributed by atoms with Crippen molar-refractivity contribution in [2.24, 2.45) is 5.41 Å². The van der Waals surface area contributed by atoms with Crippen LogP contribution in [0.4, 0.5) is 5.82 Å². The van der Waals surface area contributed by atoms with Gasteiger partial charge in [0.15, 0.2) is 11.8 Å². The Morgan fingerprint density at radius 2 is 1.89 bits per heavy atom. The van der Waals surface area contributed by atoms with Crippen molar-refractivity contribution in [3.8, 4) is 17.0 Å². The van der Waals surface area contributed by atoms with Gasteiger partial charge < -0.3 is 19.1 Å². The maximum atomic E-state index is 13.3. The molecule has 45 heavy (non-hydrogen) atoms. The van der Waals surface area contributed by atoms with Gasteiger partial charge in [-0.05, 0) is 64.9 Å². The quantitative estimate of drug-likeness (QED) is 0.196. The molecule has 3 aromatic heterocycles. The number of esters is 1. The van der Waals surface area contributed by atoms with Crippen molar-refractivity contribution in [2.45, 2.75) is 78.6 Å². The predicted molar refractivity (Wildman–Crippen MR) is 174 cm³/mol. The molecule has 0 N–H and O–H groups in total. The molecule has 1 fully saturated rings. The number of anilines is 1. The van der Waals surface area contributed by atoms with Gasteiger partial charge in [-0.2, -0.15) is 14.7 Å². The van der Waals surface area contributed by atoms with Gasteiger partial charge in [0, 0.05) is 42.2 Å². The summed E-state index contributed by atoms with van der Waals surface area (Å²) in [5.74, 6) is 1.23. The van der Waals surface area contributed by atoms with Crippen LogP contribution in [-0.4, -0.2) is 62.8 Å². The SMILES string of the molecule is COC(=O)[C@@H](OC(C)(C)C)c1c(C)nc2cc3nn2c1N1CCC(C)(CC/C=C/COc2ccccc2Cn2cc-3cn2)CC1. The van der Waals surface area contributed by atoms with Crippen molar-refractivity contribution >= 4 is 17.4 Å². The fraction of sp³-hybridized carbons (Fsp3) is 0.486. The van der Waals surface area contributed by atoms with Gasteiger partial charge in [0.1, 0.15) is 18.2 Å². The molecule has 0 unspecified atom stereocenters. The molecule has 10 nitrogen and oxygen atoms in total. The number of aromatic nitrogens is 5. The molecule has 10 heteroatoms. The normalized spacial score (nSPS) is 18.3. The Hall–Kier alpha value is -4.18. The molecule has 0 radical (unpaired) electrons. The minimum Gasteiger partial charge on any atom is -0.489 e. The Morgan fingerprint density at radius 3 is 2.64 bits per heavy atom. The van der Waals surface area contributed by atoms with Crippen molar-refractivity contribution in [1.82, 2.24) is 24.4 Å². The Bertz CT molecular complexity index is 1710. The highest BCUT2D eigenvalue weighted by molar-refractivity contribution is 5.80.